The van der Waals surface area contributed by atoms with E-state index in [1.807, 2.05) is 11.8 Å². The van der Waals surface area contributed by atoms with Crippen LogP contribution in [0.1, 0.15) is 31.5 Å². The van der Waals surface area contributed by atoms with Crippen LogP contribution in [-0.4, -0.2) is 16.5 Å². The Labute approximate surface area is 122 Å². The fraction of sp³-hybridized carbons (Fsp3) is 0.333. The minimum atomic E-state index is -0.246. The highest BCUT2D eigenvalue weighted by molar-refractivity contribution is 6.29. The Balaban J connectivity index is 1.98. The lowest BCUT2D eigenvalue weighted by Crippen LogP contribution is -2.18. The zero-order valence-electron chi connectivity index (χ0n) is 11.2. The molecule has 3 nitrogen and oxygen atoms in total. The van der Waals surface area contributed by atoms with Crippen molar-refractivity contribution in [2.75, 3.05) is 11.4 Å². The van der Waals surface area contributed by atoms with Gasteiger partial charge in [-0.3, -0.25) is 0 Å². The van der Waals surface area contributed by atoms with E-state index in [4.69, 9.17) is 11.6 Å². The second-order valence-corrected chi connectivity index (χ2v) is 5.29. The summed E-state index contributed by atoms with van der Waals surface area (Å²) in [5.74, 6) is 1.78. The van der Waals surface area contributed by atoms with E-state index < -0.39 is 0 Å². The van der Waals surface area contributed by atoms with Gasteiger partial charge >= 0.3 is 0 Å². The molecule has 1 aromatic carbocycles. The van der Waals surface area contributed by atoms with Crippen LogP contribution in [-0.2, 0) is 0 Å². The molecular weight excluding hydrogens is 277 g/mol. The van der Waals surface area contributed by atoms with Gasteiger partial charge in [-0.25, -0.2) is 14.4 Å². The van der Waals surface area contributed by atoms with Gasteiger partial charge in [-0.05, 0) is 44.0 Å². The largest absolute Gasteiger partial charge is 0.327 e. The summed E-state index contributed by atoms with van der Waals surface area (Å²) in [6.07, 6.45) is 2.25. The van der Waals surface area contributed by atoms with Crippen LogP contribution in [0.3, 0.4) is 0 Å². The van der Waals surface area contributed by atoms with Gasteiger partial charge in [0.05, 0.1) is 0 Å². The second kappa shape index (κ2) is 5.37. The highest BCUT2D eigenvalue weighted by Gasteiger charge is 2.27. The molecule has 20 heavy (non-hydrogen) atoms. The summed E-state index contributed by atoms with van der Waals surface area (Å²) < 4.78 is 13.0. The van der Waals surface area contributed by atoms with Crippen LogP contribution in [0.25, 0.3) is 0 Å². The van der Waals surface area contributed by atoms with Crippen molar-refractivity contribution in [3.05, 3.63) is 47.1 Å². The van der Waals surface area contributed by atoms with Crippen LogP contribution in [0.4, 0.5) is 15.9 Å². The van der Waals surface area contributed by atoms with E-state index in [0.717, 1.165) is 36.7 Å². The fourth-order valence-electron chi connectivity index (χ4n) is 2.18. The number of rotatable bonds is 4. The van der Waals surface area contributed by atoms with Crippen molar-refractivity contribution in [1.82, 2.24) is 9.97 Å². The first-order valence-electron chi connectivity index (χ1n) is 6.75. The number of anilines is 2. The van der Waals surface area contributed by atoms with E-state index in [2.05, 4.69) is 9.97 Å². The predicted molar refractivity (Wildman–Crippen MR) is 78.1 cm³/mol. The highest BCUT2D eigenvalue weighted by Crippen LogP contribution is 2.39. The molecule has 0 aliphatic heterocycles. The number of aromatic nitrogens is 2. The van der Waals surface area contributed by atoms with Crippen molar-refractivity contribution in [2.45, 2.75) is 25.7 Å². The number of halogens is 2. The van der Waals surface area contributed by atoms with E-state index in [-0.39, 0.29) is 5.82 Å². The monoisotopic (exact) mass is 291 g/mol. The molecule has 1 heterocycles. The van der Waals surface area contributed by atoms with Crippen LogP contribution in [0.5, 0.6) is 0 Å². The third-order valence-corrected chi connectivity index (χ3v) is 3.57. The van der Waals surface area contributed by atoms with Crippen molar-refractivity contribution in [2.24, 2.45) is 0 Å². The lowest BCUT2D eigenvalue weighted by atomic mass is 10.2. The lowest BCUT2D eigenvalue weighted by molar-refractivity contribution is 0.627. The van der Waals surface area contributed by atoms with Gasteiger partial charge in [0, 0.05) is 24.2 Å². The standard InChI is InChI=1S/C15H15ClFN3/c1-2-20(12-7-5-11(17)6-8-12)14-9-13(16)18-15(19-14)10-3-4-10/h5-10H,2-4H2,1H3. The van der Waals surface area contributed by atoms with Crippen LogP contribution in [0, 0.1) is 5.82 Å². The van der Waals surface area contributed by atoms with E-state index in [1.165, 1.54) is 12.1 Å². The third-order valence-electron chi connectivity index (χ3n) is 3.37. The van der Waals surface area contributed by atoms with Crippen molar-refractivity contribution in [3.8, 4) is 0 Å². The molecule has 0 atom stereocenters. The third kappa shape index (κ3) is 2.75. The van der Waals surface area contributed by atoms with Gasteiger partial charge in [0.25, 0.3) is 0 Å². The first-order chi connectivity index (χ1) is 9.67. The molecule has 1 fully saturated rings. The maximum Gasteiger partial charge on any atom is 0.138 e. The van der Waals surface area contributed by atoms with Crippen molar-refractivity contribution >= 4 is 23.1 Å². The maximum atomic E-state index is 13.0. The average Bonchev–Trinajstić information content (AvgIpc) is 3.25. The molecule has 1 aromatic heterocycles. The van der Waals surface area contributed by atoms with Gasteiger partial charge in [0.2, 0.25) is 0 Å². The summed E-state index contributed by atoms with van der Waals surface area (Å²) in [4.78, 5) is 10.9. The Morgan fingerprint density at radius 1 is 1.25 bits per heavy atom. The Kier molecular flexibility index (Phi) is 3.57. The van der Waals surface area contributed by atoms with E-state index in [0.29, 0.717) is 11.1 Å². The topological polar surface area (TPSA) is 29.0 Å². The number of hydrogen-bond acceptors (Lipinski definition) is 3. The predicted octanol–water partition coefficient (Wildman–Crippen LogP) is 4.30. The number of benzene rings is 1. The Morgan fingerprint density at radius 3 is 2.55 bits per heavy atom. The van der Waals surface area contributed by atoms with Gasteiger partial charge in [-0.2, -0.15) is 0 Å². The number of nitrogens with zero attached hydrogens (tertiary/aromatic N) is 3. The molecule has 0 spiro atoms. The zero-order valence-corrected chi connectivity index (χ0v) is 11.9. The normalized spacial score (nSPS) is 14.3. The first kappa shape index (κ1) is 13.3. The van der Waals surface area contributed by atoms with Crippen LogP contribution >= 0.6 is 11.6 Å². The van der Waals surface area contributed by atoms with E-state index >= 15 is 0 Å². The Morgan fingerprint density at radius 2 is 1.95 bits per heavy atom. The quantitative estimate of drug-likeness (QED) is 0.786. The molecule has 2 aromatic rings. The lowest BCUT2D eigenvalue weighted by Gasteiger charge is -2.22. The van der Waals surface area contributed by atoms with Crippen LogP contribution in [0.2, 0.25) is 5.15 Å². The summed E-state index contributed by atoms with van der Waals surface area (Å²) in [6.45, 7) is 2.75. The van der Waals surface area contributed by atoms with Gasteiger partial charge in [-0.1, -0.05) is 11.6 Å². The Bertz CT molecular complexity index is 611. The first-order valence-corrected chi connectivity index (χ1v) is 7.12. The van der Waals surface area contributed by atoms with Gasteiger partial charge < -0.3 is 4.90 Å². The zero-order chi connectivity index (χ0) is 14.1. The van der Waals surface area contributed by atoms with E-state index in [1.54, 1.807) is 18.2 Å². The molecule has 1 aliphatic carbocycles. The van der Waals surface area contributed by atoms with Gasteiger partial charge in [0.15, 0.2) is 0 Å². The Hall–Kier alpha value is -1.68. The molecule has 104 valence electrons. The molecule has 0 N–H and O–H groups in total. The minimum Gasteiger partial charge on any atom is -0.327 e. The SMILES string of the molecule is CCN(c1ccc(F)cc1)c1cc(Cl)nc(C2CC2)n1. The maximum absolute atomic E-state index is 13.0. The van der Waals surface area contributed by atoms with Gasteiger partial charge in [0.1, 0.15) is 22.6 Å². The summed E-state index contributed by atoms with van der Waals surface area (Å²) in [7, 11) is 0. The fourth-order valence-corrected chi connectivity index (χ4v) is 2.37. The summed E-state index contributed by atoms with van der Waals surface area (Å²) in [5.41, 5.74) is 0.894. The molecule has 0 amide bonds. The second-order valence-electron chi connectivity index (χ2n) is 4.90. The van der Waals surface area contributed by atoms with Crippen LogP contribution < -0.4 is 4.90 Å². The number of hydrogen-bond donors (Lipinski definition) is 0. The summed E-state index contributed by atoms with van der Waals surface area (Å²) in [6, 6.07) is 8.13. The van der Waals surface area contributed by atoms with Crippen molar-refractivity contribution in [3.63, 3.8) is 0 Å². The molecule has 1 saturated carbocycles. The van der Waals surface area contributed by atoms with Crippen molar-refractivity contribution in [1.29, 1.82) is 0 Å². The minimum absolute atomic E-state index is 0.246. The van der Waals surface area contributed by atoms with Crippen LogP contribution in [0.15, 0.2) is 30.3 Å². The molecule has 0 radical (unpaired) electrons. The highest BCUT2D eigenvalue weighted by atomic mass is 35.5. The summed E-state index contributed by atoms with van der Waals surface area (Å²) in [5, 5.41) is 0.456. The molecule has 0 bridgehead atoms. The smallest absolute Gasteiger partial charge is 0.138 e. The molecular formula is C15H15ClFN3. The van der Waals surface area contributed by atoms with Crippen molar-refractivity contribution < 1.29 is 4.39 Å². The summed E-state index contributed by atoms with van der Waals surface area (Å²) >= 11 is 6.10. The molecule has 0 saturated heterocycles. The average molecular weight is 292 g/mol. The molecule has 1 aliphatic rings. The molecule has 3 rings (SSSR count). The molecule has 5 heteroatoms. The van der Waals surface area contributed by atoms with Gasteiger partial charge in [-0.15, -0.1) is 0 Å². The van der Waals surface area contributed by atoms with E-state index in [9.17, 15) is 4.39 Å². The molecule has 0 unspecified atom stereocenters.